The molecule has 1 fully saturated rings. The summed E-state index contributed by atoms with van der Waals surface area (Å²) in [7, 11) is 1.66. The first-order valence-corrected chi connectivity index (χ1v) is 11.7. The van der Waals surface area contributed by atoms with Gasteiger partial charge in [-0.1, -0.05) is 30.3 Å². The SMILES string of the molecule is COc1ccc2cc(C3=NNC(c4ccc5c(c4)CN(N4C(=O)CCCC4=O)C5=O)C3)ccc2c1. The van der Waals surface area contributed by atoms with Gasteiger partial charge in [0.25, 0.3) is 5.91 Å². The third kappa shape index (κ3) is 3.62. The standard InChI is InChI=1S/C27H24N4O4/c1-35-21-9-7-16-11-18(6-5-17(16)13-21)23-14-24(29-28-23)19-8-10-22-20(12-19)15-30(27(22)34)31-25(32)3-2-4-26(31)33/h5-13,24,29H,2-4,14-15H2,1H3. The monoisotopic (exact) mass is 468 g/mol. The smallest absolute Gasteiger partial charge is 0.273 e. The van der Waals surface area contributed by atoms with E-state index >= 15 is 0 Å². The van der Waals surface area contributed by atoms with Crippen molar-refractivity contribution >= 4 is 34.2 Å². The van der Waals surface area contributed by atoms with Crippen LogP contribution in [0.15, 0.2) is 59.7 Å². The van der Waals surface area contributed by atoms with E-state index in [9.17, 15) is 14.4 Å². The first-order chi connectivity index (χ1) is 17.0. The fraction of sp³-hybridized carbons (Fsp3) is 0.259. The molecule has 35 heavy (non-hydrogen) atoms. The highest BCUT2D eigenvalue weighted by Crippen LogP contribution is 2.32. The molecule has 3 aliphatic heterocycles. The number of nitrogens with one attached hydrogen (secondary N) is 1. The van der Waals surface area contributed by atoms with Crippen molar-refractivity contribution in [2.45, 2.75) is 38.3 Å². The number of ether oxygens (including phenoxy) is 1. The van der Waals surface area contributed by atoms with E-state index in [1.165, 1.54) is 5.01 Å². The second kappa shape index (κ2) is 8.23. The molecule has 1 unspecified atom stereocenters. The summed E-state index contributed by atoms with van der Waals surface area (Å²) in [6, 6.07) is 17.9. The van der Waals surface area contributed by atoms with Gasteiger partial charge in [-0.05, 0) is 58.1 Å². The highest BCUT2D eigenvalue weighted by atomic mass is 16.5. The third-order valence-electron chi connectivity index (χ3n) is 6.95. The van der Waals surface area contributed by atoms with Crippen LogP contribution in [0.4, 0.5) is 0 Å². The van der Waals surface area contributed by atoms with Crippen LogP contribution in [-0.4, -0.2) is 40.6 Å². The number of hydrogen-bond donors (Lipinski definition) is 1. The topological polar surface area (TPSA) is 91.3 Å². The van der Waals surface area contributed by atoms with Crippen LogP contribution in [0.1, 0.15) is 58.8 Å². The average molecular weight is 469 g/mol. The predicted octanol–water partition coefficient (Wildman–Crippen LogP) is 3.70. The number of methoxy groups -OCH3 is 1. The Balaban J connectivity index is 1.20. The summed E-state index contributed by atoms with van der Waals surface area (Å²) in [6.07, 6.45) is 1.81. The molecule has 1 N–H and O–H groups in total. The average Bonchev–Trinajstić information content (AvgIpc) is 3.48. The van der Waals surface area contributed by atoms with Gasteiger partial charge in [0.05, 0.1) is 25.4 Å². The molecular formula is C27H24N4O4. The molecule has 0 aliphatic carbocycles. The number of hydrogen-bond acceptors (Lipinski definition) is 6. The molecule has 3 aromatic rings. The molecule has 1 atom stereocenters. The summed E-state index contributed by atoms with van der Waals surface area (Å²) in [5, 5.41) is 9.13. The maximum absolute atomic E-state index is 12.9. The number of nitrogens with zero attached hydrogens (tertiary/aromatic N) is 3. The normalized spacial score (nSPS) is 19.7. The van der Waals surface area contributed by atoms with E-state index in [1.807, 2.05) is 30.3 Å². The van der Waals surface area contributed by atoms with E-state index in [2.05, 4.69) is 28.7 Å². The van der Waals surface area contributed by atoms with Crippen molar-refractivity contribution in [1.82, 2.24) is 15.4 Å². The molecule has 3 heterocycles. The molecule has 3 aromatic carbocycles. The Morgan fingerprint density at radius 3 is 2.51 bits per heavy atom. The Kier molecular flexibility index (Phi) is 5.02. The number of amides is 3. The molecule has 0 saturated carbocycles. The second-order valence-electron chi connectivity index (χ2n) is 9.10. The number of hydrazone groups is 1. The van der Waals surface area contributed by atoms with Crippen LogP contribution in [0.2, 0.25) is 0 Å². The van der Waals surface area contributed by atoms with Crippen molar-refractivity contribution in [1.29, 1.82) is 0 Å². The van der Waals surface area contributed by atoms with E-state index in [0.717, 1.165) is 43.9 Å². The van der Waals surface area contributed by atoms with Crippen molar-refractivity contribution in [2.24, 2.45) is 5.10 Å². The fourth-order valence-electron chi connectivity index (χ4n) is 5.06. The first kappa shape index (κ1) is 21.3. The number of rotatable bonds is 4. The molecule has 6 rings (SSSR count). The van der Waals surface area contributed by atoms with Crippen molar-refractivity contribution < 1.29 is 19.1 Å². The van der Waals surface area contributed by atoms with Gasteiger partial charge < -0.3 is 10.2 Å². The van der Waals surface area contributed by atoms with Crippen molar-refractivity contribution in [3.05, 3.63) is 76.9 Å². The Bertz CT molecular complexity index is 1410. The van der Waals surface area contributed by atoms with Crippen LogP contribution in [-0.2, 0) is 16.1 Å². The molecular weight excluding hydrogens is 444 g/mol. The quantitative estimate of drug-likeness (QED) is 0.590. The molecule has 1 saturated heterocycles. The molecule has 3 amide bonds. The van der Waals surface area contributed by atoms with Crippen molar-refractivity contribution in [2.75, 3.05) is 7.11 Å². The highest BCUT2D eigenvalue weighted by molar-refractivity contribution is 6.05. The number of carbonyl (C=O) groups is 3. The van der Waals surface area contributed by atoms with Crippen LogP contribution >= 0.6 is 0 Å². The van der Waals surface area contributed by atoms with E-state index in [4.69, 9.17) is 4.74 Å². The zero-order valence-electron chi connectivity index (χ0n) is 19.3. The zero-order valence-corrected chi connectivity index (χ0v) is 19.3. The minimum Gasteiger partial charge on any atom is -0.497 e. The number of fused-ring (bicyclic) bond motifs is 2. The zero-order chi connectivity index (χ0) is 24.1. The molecule has 0 radical (unpaired) electrons. The largest absolute Gasteiger partial charge is 0.497 e. The molecule has 0 aromatic heterocycles. The Morgan fingerprint density at radius 2 is 1.71 bits per heavy atom. The van der Waals surface area contributed by atoms with Gasteiger partial charge >= 0.3 is 0 Å². The predicted molar refractivity (Wildman–Crippen MR) is 130 cm³/mol. The molecule has 0 spiro atoms. The van der Waals surface area contributed by atoms with Crippen molar-refractivity contribution in [3.8, 4) is 5.75 Å². The van der Waals surface area contributed by atoms with Gasteiger partial charge in [-0.2, -0.15) is 10.1 Å². The molecule has 176 valence electrons. The lowest BCUT2D eigenvalue weighted by atomic mass is 9.95. The van der Waals surface area contributed by atoms with Crippen LogP contribution in [0, 0.1) is 0 Å². The van der Waals surface area contributed by atoms with E-state index < -0.39 is 0 Å². The first-order valence-electron chi connectivity index (χ1n) is 11.7. The molecule has 0 bridgehead atoms. The van der Waals surface area contributed by atoms with E-state index in [0.29, 0.717) is 18.4 Å². The van der Waals surface area contributed by atoms with Gasteiger partial charge in [-0.3, -0.25) is 14.4 Å². The molecule has 8 heteroatoms. The number of imide groups is 1. The summed E-state index contributed by atoms with van der Waals surface area (Å²) in [5.74, 6) is -0.106. The summed E-state index contributed by atoms with van der Waals surface area (Å²) in [5.41, 5.74) is 7.61. The van der Waals surface area contributed by atoms with Gasteiger partial charge in [0, 0.05) is 24.8 Å². The number of hydrazine groups is 1. The minimum absolute atomic E-state index is 0.0238. The van der Waals surface area contributed by atoms with Crippen LogP contribution in [0.3, 0.4) is 0 Å². The summed E-state index contributed by atoms with van der Waals surface area (Å²) < 4.78 is 5.31. The van der Waals surface area contributed by atoms with Crippen molar-refractivity contribution in [3.63, 3.8) is 0 Å². The van der Waals surface area contributed by atoms with Gasteiger partial charge in [0.15, 0.2) is 0 Å². The van der Waals surface area contributed by atoms with Crippen LogP contribution in [0.5, 0.6) is 5.75 Å². The number of piperidine rings is 1. The second-order valence-corrected chi connectivity index (χ2v) is 9.10. The third-order valence-corrected chi connectivity index (χ3v) is 6.95. The van der Waals surface area contributed by atoms with Gasteiger partial charge in [0.2, 0.25) is 11.8 Å². The molecule has 3 aliphatic rings. The van der Waals surface area contributed by atoms with Gasteiger partial charge in [-0.25, -0.2) is 5.01 Å². The Morgan fingerprint density at radius 1 is 0.943 bits per heavy atom. The highest BCUT2D eigenvalue weighted by Gasteiger charge is 2.39. The maximum atomic E-state index is 12.9. The minimum atomic E-state index is -0.313. The fourth-order valence-corrected chi connectivity index (χ4v) is 5.06. The van der Waals surface area contributed by atoms with Crippen LogP contribution in [0.25, 0.3) is 10.8 Å². The van der Waals surface area contributed by atoms with Gasteiger partial charge in [0.1, 0.15) is 5.75 Å². The lowest BCUT2D eigenvalue weighted by molar-refractivity contribution is -0.163. The Labute approximate surface area is 202 Å². The summed E-state index contributed by atoms with van der Waals surface area (Å²) >= 11 is 0. The number of benzene rings is 3. The maximum Gasteiger partial charge on any atom is 0.273 e. The van der Waals surface area contributed by atoms with E-state index in [-0.39, 0.29) is 43.1 Å². The Hall–Kier alpha value is -4.20. The summed E-state index contributed by atoms with van der Waals surface area (Å²) in [6.45, 7) is 0.216. The summed E-state index contributed by atoms with van der Waals surface area (Å²) in [4.78, 5) is 37.6. The number of carbonyl (C=O) groups excluding carboxylic acids is 3. The van der Waals surface area contributed by atoms with E-state index in [1.54, 1.807) is 13.2 Å². The van der Waals surface area contributed by atoms with Crippen LogP contribution < -0.4 is 10.2 Å². The lowest BCUT2D eigenvalue weighted by Gasteiger charge is -2.32. The molecule has 8 nitrogen and oxygen atoms in total. The lowest BCUT2D eigenvalue weighted by Crippen LogP contribution is -2.51. The van der Waals surface area contributed by atoms with Gasteiger partial charge in [-0.15, -0.1) is 0 Å².